The fraction of sp³-hybridized carbons (Fsp3) is 0.250. The minimum atomic E-state index is -0.134. The lowest BCUT2D eigenvalue weighted by atomic mass is 9.87. The summed E-state index contributed by atoms with van der Waals surface area (Å²) >= 11 is 8.86. The van der Waals surface area contributed by atoms with Crippen LogP contribution in [0, 0.1) is 0 Å². The van der Waals surface area contributed by atoms with E-state index in [1.165, 1.54) is 0 Å². The van der Waals surface area contributed by atoms with E-state index in [-0.39, 0.29) is 9.49 Å². The van der Waals surface area contributed by atoms with Gasteiger partial charge in [0.05, 0.1) is 9.49 Å². The second kappa shape index (κ2) is 1.74. The Morgan fingerprint density at radius 2 is 0.800 bits per heavy atom. The summed E-state index contributed by atoms with van der Waals surface area (Å²) in [5.41, 5.74) is 0. The van der Waals surface area contributed by atoms with Crippen molar-refractivity contribution in [3.8, 4) is 0 Å². The van der Waals surface area contributed by atoms with Gasteiger partial charge in [-0.1, -0.05) is 36.5 Å². The number of hydrogen-bond acceptors (Lipinski definition) is 2. The van der Waals surface area contributed by atoms with Crippen molar-refractivity contribution in [2.45, 2.75) is 9.49 Å². The zero-order chi connectivity index (χ0) is 7.24. The second-order valence-electron chi connectivity index (χ2n) is 2.77. The van der Waals surface area contributed by atoms with E-state index in [0.29, 0.717) is 0 Å². The molecule has 0 heterocycles. The van der Waals surface area contributed by atoms with Crippen LogP contribution in [0.4, 0.5) is 0 Å². The first-order valence-corrected chi connectivity index (χ1v) is 4.07. The van der Waals surface area contributed by atoms with Crippen LogP contribution in [0.1, 0.15) is 0 Å². The van der Waals surface area contributed by atoms with E-state index in [1.807, 2.05) is 0 Å². The van der Waals surface area contributed by atoms with Crippen molar-refractivity contribution in [2.24, 2.45) is 0 Å². The molecule has 0 aliphatic heterocycles. The summed E-state index contributed by atoms with van der Waals surface area (Å²) in [6.45, 7) is 0. The van der Waals surface area contributed by atoms with Gasteiger partial charge in [0.2, 0.25) is 0 Å². The van der Waals surface area contributed by atoms with Crippen molar-refractivity contribution in [3.05, 3.63) is 36.5 Å². The highest BCUT2D eigenvalue weighted by atomic mass is 32.1. The van der Waals surface area contributed by atoms with Crippen LogP contribution < -0.4 is 0 Å². The highest BCUT2D eigenvalue weighted by molar-refractivity contribution is 7.83. The second-order valence-corrected chi connectivity index (χ2v) is 4.32. The Labute approximate surface area is 71.5 Å². The first kappa shape index (κ1) is 6.62. The lowest BCUT2D eigenvalue weighted by Gasteiger charge is -2.32. The van der Waals surface area contributed by atoms with Gasteiger partial charge in [0.15, 0.2) is 0 Å². The topological polar surface area (TPSA) is 0 Å². The Bertz CT molecular complexity index is 185. The first-order valence-electron chi connectivity index (χ1n) is 3.18. The van der Waals surface area contributed by atoms with Gasteiger partial charge in [-0.05, 0) is 0 Å². The third-order valence-electron chi connectivity index (χ3n) is 1.85. The molecule has 3 rings (SSSR count). The normalized spacial score (nSPS) is 48.6. The van der Waals surface area contributed by atoms with Crippen molar-refractivity contribution >= 4 is 25.3 Å². The average Bonchev–Trinajstić information content (AvgIpc) is 1.93. The SMILES string of the molecule is SC12C=CC(S)(C=C1)C=C2. The Morgan fingerprint density at radius 1 is 0.600 bits per heavy atom. The Kier molecular flexibility index (Phi) is 1.15. The fourth-order valence-corrected chi connectivity index (χ4v) is 1.58. The van der Waals surface area contributed by atoms with Crippen LogP contribution >= 0.6 is 25.3 Å². The number of rotatable bonds is 0. The van der Waals surface area contributed by atoms with Crippen LogP contribution in [-0.2, 0) is 0 Å². The van der Waals surface area contributed by atoms with Crippen molar-refractivity contribution in [3.63, 3.8) is 0 Å². The smallest absolute Gasteiger partial charge is 0.0672 e. The molecule has 0 aromatic rings. The van der Waals surface area contributed by atoms with Gasteiger partial charge >= 0.3 is 0 Å². The van der Waals surface area contributed by atoms with Gasteiger partial charge in [-0.2, -0.15) is 25.3 Å². The Hall–Kier alpha value is -0.0800. The molecule has 2 heteroatoms. The molecular formula is C8H8S2. The van der Waals surface area contributed by atoms with Gasteiger partial charge in [-0.25, -0.2) is 0 Å². The molecule has 0 aromatic heterocycles. The zero-order valence-electron chi connectivity index (χ0n) is 5.36. The average molecular weight is 168 g/mol. The molecule has 0 spiro atoms. The van der Waals surface area contributed by atoms with Crippen LogP contribution in [0.25, 0.3) is 0 Å². The third-order valence-corrected chi connectivity index (χ3v) is 2.75. The van der Waals surface area contributed by atoms with E-state index in [1.54, 1.807) is 0 Å². The number of hydrogen-bond donors (Lipinski definition) is 2. The predicted molar refractivity (Wildman–Crippen MR) is 50.9 cm³/mol. The fourth-order valence-electron chi connectivity index (χ4n) is 1.13. The van der Waals surface area contributed by atoms with Crippen LogP contribution in [0.3, 0.4) is 0 Å². The minimum Gasteiger partial charge on any atom is -0.160 e. The van der Waals surface area contributed by atoms with E-state index < -0.39 is 0 Å². The summed E-state index contributed by atoms with van der Waals surface area (Å²) < 4.78 is -0.269. The van der Waals surface area contributed by atoms with E-state index in [9.17, 15) is 0 Å². The summed E-state index contributed by atoms with van der Waals surface area (Å²) in [7, 11) is 0. The van der Waals surface area contributed by atoms with Gasteiger partial charge in [0, 0.05) is 0 Å². The molecule has 2 bridgehead atoms. The molecular weight excluding hydrogens is 160 g/mol. The van der Waals surface area contributed by atoms with Crippen molar-refractivity contribution in [2.75, 3.05) is 0 Å². The van der Waals surface area contributed by atoms with E-state index in [4.69, 9.17) is 0 Å². The molecule has 0 fully saturated rings. The molecule has 10 heavy (non-hydrogen) atoms. The van der Waals surface area contributed by atoms with Crippen molar-refractivity contribution in [1.82, 2.24) is 0 Å². The Balaban J connectivity index is 2.49. The van der Waals surface area contributed by atoms with E-state index in [2.05, 4.69) is 61.7 Å². The summed E-state index contributed by atoms with van der Waals surface area (Å²) in [4.78, 5) is 0. The highest BCUT2D eigenvalue weighted by Gasteiger charge is 2.30. The molecule has 0 atom stereocenters. The standard InChI is InChI=1S/C8H8S2/c9-7-1-2-8(10,5-3-7)6-4-7/h1-6,9-10H. The molecule has 0 nitrogen and oxygen atoms in total. The molecule has 0 radical (unpaired) electrons. The maximum absolute atomic E-state index is 4.43. The van der Waals surface area contributed by atoms with Crippen molar-refractivity contribution in [1.29, 1.82) is 0 Å². The lowest BCUT2D eigenvalue weighted by molar-refractivity contribution is 0.959. The van der Waals surface area contributed by atoms with Crippen LogP contribution in [0.5, 0.6) is 0 Å². The summed E-state index contributed by atoms with van der Waals surface area (Å²) in [5, 5.41) is 0. The molecule has 0 saturated carbocycles. The van der Waals surface area contributed by atoms with Gasteiger partial charge in [0.1, 0.15) is 0 Å². The quantitative estimate of drug-likeness (QED) is 0.401. The highest BCUT2D eigenvalue weighted by Crippen LogP contribution is 2.37. The van der Waals surface area contributed by atoms with Crippen LogP contribution in [0.15, 0.2) is 36.5 Å². The summed E-state index contributed by atoms with van der Waals surface area (Å²) in [5.74, 6) is 0. The summed E-state index contributed by atoms with van der Waals surface area (Å²) in [6, 6.07) is 0. The first-order chi connectivity index (χ1) is 4.62. The monoisotopic (exact) mass is 168 g/mol. The van der Waals surface area contributed by atoms with Gasteiger partial charge < -0.3 is 0 Å². The van der Waals surface area contributed by atoms with Gasteiger partial charge in [0.25, 0.3) is 0 Å². The van der Waals surface area contributed by atoms with Gasteiger partial charge in [-0.3, -0.25) is 0 Å². The molecule has 3 aliphatic carbocycles. The Morgan fingerprint density at radius 3 is 1.00 bits per heavy atom. The molecule has 0 saturated heterocycles. The zero-order valence-corrected chi connectivity index (χ0v) is 7.15. The molecule has 0 N–H and O–H groups in total. The molecule has 0 unspecified atom stereocenters. The van der Waals surface area contributed by atoms with E-state index >= 15 is 0 Å². The minimum absolute atomic E-state index is 0.134. The lowest BCUT2D eigenvalue weighted by Crippen LogP contribution is -2.28. The van der Waals surface area contributed by atoms with E-state index in [0.717, 1.165) is 0 Å². The molecule has 3 aliphatic rings. The molecule has 0 aromatic carbocycles. The van der Waals surface area contributed by atoms with Crippen molar-refractivity contribution < 1.29 is 0 Å². The third kappa shape index (κ3) is 0.867. The maximum atomic E-state index is 4.43. The van der Waals surface area contributed by atoms with Crippen LogP contribution in [0.2, 0.25) is 0 Å². The predicted octanol–water partition coefficient (Wildman–Crippen LogP) is 2.02. The largest absolute Gasteiger partial charge is 0.160 e. The van der Waals surface area contributed by atoms with Gasteiger partial charge in [-0.15, -0.1) is 0 Å². The molecule has 0 amide bonds. The maximum Gasteiger partial charge on any atom is 0.0672 e. The molecule has 52 valence electrons. The number of thiol groups is 2. The van der Waals surface area contributed by atoms with Crippen LogP contribution in [-0.4, -0.2) is 9.49 Å². The summed E-state index contributed by atoms with van der Waals surface area (Å²) in [6.07, 6.45) is 12.4.